The minimum Gasteiger partial charge on any atom is -0.367 e. The molecule has 0 unspecified atom stereocenters. The summed E-state index contributed by atoms with van der Waals surface area (Å²) < 4.78 is 34.3. The van der Waals surface area contributed by atoms with E-state index in [1.807, 2.05) is 0 Å². The maximum Gasteiger partial charge on any atom is 0.262 e. The van der Waals surface area contributed by atoms with Crippen molar-refractivity contribution < 1.29 is 17.6 Å². The van der Waals surface area contributed by atoms with Crippen molar-refractivity contribution in [3.05, 3.63) is 30.1 Å². The molecule has 0 aliphatic carbocycles. The van der Waals surface area contributed by atoms with E-state index in [0.29, 0.717) is 0 Å². The predicted molar refractivity (Wildman–Crippen MR) is 63.4 cm³/mol. The number of nitrogens with two attached hydrogens (primary N) is 1. The number of primary amides is 1. The molecule has 1 aromatic carbocycles. The molecule has 4 nitrogen and oxygen atoms in total. The van der Waals surface area contributed by atoms with Crippen LogP contribution in [0.15, 0.2) is 29.2 Å². The lowest BCUT2D eigenvalue weighted by atomic mass is 10.4. The molecule has 88 valence electrons. The molecule has 2 N–H and O–H groups in total. The summed E-state index contributed by atoms with van der Waals surface area (Å²) in [5.74, 6) is -1.69. The van der Waals surface area contributed by atoms with Crippen molar-refractivity contribution >= 4 is 47.6 Å². The number of hydrogen-bond donors (Lipinski definition) is 1. The molecular formula is C8H6Br2FNO3S. The van der Waals surface area contributed by atoms with Gasteiger partial charge in [0.15, 0.2) is 0 Å². The van der Waals surface area contributed by atoms with E-state index in [-0.39, 0.29) is 4.90 Å². The monoisotopic (exact) mass is 373 g/mol. The zero-order valence-electron chi connectivity index (χ0n) is 7.65. The topological polar surface area (TPSA) is 77.2 Å². The van der Waals surface area contributed by atoms with Crippen LogP contribution < -0.4 is 5.73 Å². The van der Waals surface area contributed by atoms with Crippen molar-refractivity contribution in [2.24, 2.45) is 5.73 Å². The third-order valence-electron chi connectivity index (χ3n) is 1.75. The van der Waals surface area contributed by atoms with Crippen molar-refractivity contribution in [3.8, 4) is 0 Å². The molecule has 0 heterocycles. The number of amides is 1. The zero-order valence-corrected chi connectivity index (χ0v) is 11.6. The van der Waals surface area contributed by atoms with Gasteiger partial charge in [-0.15, -0.1) is 0 Å². The SMILES string of the molecule is NC(=O)C(Br)(Br)S(=O)(=O)c1ccc(F)cc1. The Morgan fingerprint density at radius 2 is 1.69 bits per heavy atom. The van der Waals surface area contributed by atoms with Crippen molar-refractivity contribution in [1.82, 2.24) is 0 Å². The third kappa shape index (κ3) is 2.28. The van der Waals surface area contributed by atoms with Crippen molar-refractivity contribution in [3.63, 3.8) is 0 Å². The van der Waals surface area contributed by atoms with Crippen LogP contribution in [0, 0.1) is 5.82 Å². The first-order valence-electron chi connectivity index (χ1n) is 3.87. The fourth-order valence-electron chi connectivity index (χ4n) is 0.894. The van der Waals surface area contributed by atoms with Gasteiger partial charge in [-0.05, 0) is 56.1 Å². The first-order chi connectivity index (χ1) is 7.19. The van der Waals surface area contributed by atoms with Crippen molar-refractivity contribution in [1.29, 1.82) is 0 Å². The van der Waals surface area contributed by atoms with Crippen LogP contribution in [0.25, 0.3) is 0 Å². The molecule has 1 aromatic rings. The smallest absolute Gasteiger partial charge is 0.262 e. The summed E-state index contributed by atoms with van der Waals surface area (Å²) in [4.78, 5) is 10.8. The van der Waals surface area contributed by atoms with E-state index in [0.717, 1.165) is 24.3 Å². The van der Waals surface area contributed by atoms with E-state index in [9.17, 15) is 17.6 Å². The second kappa shape index (κ2) is 4.42. The van der Waals surface area contributed by atoms with Gasteiger partial charge in [-0.1, -0.05) is 0 Å². The zero-order chi connectivity index (χ0) is 12.6. The van der Waals surface area contributed by atoms with Gasteiger partial charge in [0.05, 0.1) is 4.90 Å². The highest BCUT2D eigenvalue weighted by Crippen LogP contribution is 2.37. The average Bonchev–Trinajstić information content (AvgIpc) is 2.17. The van der Waals surface area contributed by atoms with Gasteiger partial charge in [0, 0.05) is 0 Å². The maximum absolute atomic E-state index is 12.6. The number of benzene rings is 1. The average molecular weight is 375 g/mol. The van der Waals surface area contributed by atoms with Crippen LogP contribution >= 0.6 is 31.9 Å². The minimum atomic E-state index is -4.06. The van der Waals surface area contributed by atoms with Gasteiger partial charge in [0.25, 0.3) is 8.47 Å². The standard InChI is InChI=1S/C8H6Br2FNO3S/c9-8(10,7(12)13)16(14,15)6-3-1-5(11)2-4-6/h1-4H,(H2,12,13). The van der Waals surface area contributed by atoms with Crippen molar-refractivity contribution in [2.75, 3.05) is 0 Å². The normalized spacial score (nSPS) is 12.4. The van der Waals surface area contributed by atoms with Crippen LogP contribution in [-0.2, 0) is 14.6 Å². The molecule has 0 atom stereocenters. The summed E-state index contributed by atoms with van der Waals surface area (Å²) in [6, 6.07) is 4.05. The highest BCUT2D eigenvalue weighted by atomic mass is 79.9. The highest BCUT2D eigenvalue weighted by Gasteiger charge is 2.45. The minimum absolute atomic E-state index is 0.221. The summed E-state index contributed by atoms with van der Waals surface area (Å²) in [6.45, 7) is 0. The number of hydrogen-bond acceptors (Lipinski definition) is 3. The number of halogens is 3. The molecule has 0 saturated heterocycles. The third-order valence-corrected chi connectivity index (χ3v) is 6.86. The van der Waals surface area contributed by atoms with Crippen LogP contribution in [0.4, 0.5) is 4.39 Å². The molecule has 0 aliphatic heterocycles. The summed E-state index contributed by atoms with van der Waals surface area (Å²) in [6.07, 6.45) is 0. The van der Waals surface area contributed by atoms with Gasteiger partial charge in [0.1, 0.15) is 5.82 Å². The van der Waals surface area contributed by atoms with Crippen LogP contribution in [-0.4, -0.2) is 16.9 Å². The lowest BCUT2D eigenvalue weighted by Gasteiger charge is -2.16. The molecule has 1 rings (SSSR count). The van der Waals surface area contributed by atoms with E-state index in [1.54, 1.807) is 0 Å². The Morgan fingerprint density at radius 3 is 2.06 bits per heavy atom. The Kier molecular flexibility index (Phi) is 3.76. The molecule has 0 bridgehead atoms. The number of carbonyl (C=O) groups excluding carboxylic acids is 1. The lowest BCUT2D eigenvalue weighted by molar-refractivity contribution is -0.116. The molecule has 16 heavy (non-hydrogen) atoms. The Balaban J connectivity index is 3.33. The van der Waals surface area contributed by atoms with Gasteiger partial charge in [-0.25, -0.2) is 12.8 Å². The molecule has 1 amide bonds. The maximum atomic E-state index is 12.6. The lowest BCUT2D eigenvalue weighted by Crippen LogP contribution is -2.39. The molecule has 0 saturated carbocycles. The molecule has 8 heteroatoms. The van der Waals surface area contributed by atoms with E-state index >= 15 is 0 Å². The Hall–Kier alpha value is -0.470. The summed E-state index contributed by atoms with van der Waals surface area (Å²) in [5, 5.41) is 0. The largest absolute Gasteiger partial charge is 0.367 e. The van der Waals surface area contributed by atoms with Gasteiger partial charge >= 0.3 is 0 Å². The van der Waals surface area contributed by atoms with Gasteiger partial charge < -0.3 is 5.73 Å². The summed E-state index contributed by atoms with van der Waals surface area (Å²) in [7, 11) is -4.06. The fraction of sp³-hybridized carbons (Fsp3) is 0.125. The van der Waals surface area contributed by atoms with Crippen LogP contribution in [0.1, 0.15) is 0 Å². The second-order valence-electron chi connectivity index (χ2n) is 2.84. The second-order valence-corrected chi connectivity index (χ2v) is 9.42. The number of sulfone groups is 1. The van der Waals surface area contributed by atoms with Gasteiger partial charge in [-0.2, -0.15) is 0 Å². The number of alkyl halides is 2. The molecule has 0 aliphatic rings. The quantitative estimate of drug-likeness (QED) is 0.643. The van der Waals surface area contributed by atoms with Crippen LogP contribution in [0.2, 0.25) is 0 Å². The van der Waals surface area contributed by atoms with Crippen molar-refractivity contribution in [2.45, 2.75) is 7.46 Å². The molecule has 0 fully saturated rings. The van der Waals surface area contributed by atoms with Gasteiger partial charge in [0.2, 0.25) is 9.84 Å². The predicted octanol–water partition coefficient (Wildman–Crippen LogP) is 1.53. The van der Waals surface area contributed by atoms with Crippen LogP contribution in [0.5, 0.6) is 0 Å². The summed E-state index contributed by atoms with van der Waals surface area (Å²) in [5.41, 5.74) is 4.94. The van der Waals surface area contributed by atoms with E-state index < -0.39 is 24.1 Å². The first kappa shape index (κ1) is 13.6. The van der Waals surface area contributed by atoms with Crippen LogP contribution in [0.3, 0.4) is 0 Å². The number of carbonyl (C=O) groups is 1. The Bertz CT molecular complexity index is 513. The molecular weight excluding hydrogens is 369 g/mol. The molecule has 0 spiro atoms. The Labute approximate surface area is 108 Å². The highest BCUT2D eigenvalue weighted by molar-refractivity contribution is 9.28. The van der Waals surface area contributed by atoms with E-state index in [1.165, 1.54) is 0 Å². The number of rotatable bonds is 3. The molecule has 0 aromatic heterocycles. The fourth-order valence-corrected chi connectivity index (χ4v) is 3.07. The Morgan fingerprint density at radius 1 is 1.25 bits per heavy atom. The van der Waals surface area contributed by atoms with E-state index in [2.05, 4.69) is 31.9 Å². The van der Waals surface area contributed by atoms with Gasteiger partial charge in [-0.3, -0.25) is 4.79 Å². The summed E-state index contributed by atoms with van der Waals surface area (Å²) >= 11 is 5.37. The van der Waals surface area contributed by atoms with E-state index in [4.69, 9.17) is 5.73 Å². The first-order valence-corrected chi connectivity index (χ1v) is 6.94. The molecule has 0 radical (unpaired) electrons.